The van der Waals surface area contributed by atoms with Crippen LogP contribution in [-0.4, -0.2) is 21.1 Å². The van der Waals surface area contributed by atoms with E-state index in [1.165, 1.54) is 17.8 Å². The van der Waals surface area contributed by atoms with Crippen LogP contribution in [0.1, 0.15) is 16.3 Å². The molecule has 3 nitrogen and oxygen atoms in total. The first kappa shape index (κ1) is 12.8. The highest BCUT2D eigenvalue weighted by atomic mass is 32.2. The minimum atomic E-state index is -0.295. The third kappa shape index (κ3) is 2.61. The summed E-state index contributed by atoms with van der Waals surface area (Å²) in [6.07, 6.45) is 1.56. The molecule has 0 radical (unpaired) electrons. The van der Waals surface area contributed by atoms with Gasteiger partial charge in [0.15, 0.2) is 5.78 Å². The maximum absolute atomic E-state index is 13.4. The van der Waals surface area contributed by atoms with E-state index >= 15 is 0 Å². The predicted molar refractivity (Wildman–Crippen MR) is 69.4 cm³/mol. The normalized spacial score (nSPS) is 10.6. The van der Waals surface area contributed by atoms with Gasteiger partial charge in [0, 0.05) is 11.9 Å². The van der Waals surface area contributed by atoms with Crippen LogP contribution in [0.2, 0.25) is 0 Å². The summed E-state index contributed by atoms with van der Waals surface area (Å²) in [6.45, 7) is 1.83. The average Bonchev–Trinajstić information content (AvgIpc) is 2.69. The van der Waals surface area contributed by atoms with Gasteiger partial charge in [0.2, 0.25) is 0 Å². The van der Waals surface area contributed by atoms with Crippen molar-refractivity contribution in [3.63, 3.8) is 0 Å². The molecule has 0 amide bonds. The van der Waals surface area contributed by atoms with Crippen LogP contribution in [0.5, 0.6) is 0 Å². The van der Waals surface area contributed by atoms with Gasteiger partial charge in [-0.1, -0.05) is 12.1 Å². The van der Waals surface area contributed by atoms with Crippen LogP contribution in [0.4, 0.5) is 4.39 Å². The molecule has 0 unspecified atom stereocenters. The van der Waals surface area contributed by atoms with Gasteiger partial charge in [-0.2, -0.15) is 0 Å². The van der Waals surface area contributed by atoms with Gasteiger partial charge in [-0.05, 0) is 19.1 Å². The number of hydrogen-bond donors (Lipinski definition) is 0. The molecule has 0 saturated heterocycles. The molecular weight excluding hydrogens is 251 g/mol. The van der Waals surface area contributed by atoms with Gasteiger partial charge < -0.3 is 4.57 Å². The number of imidazole rings is 1. The minimum absolute atomic E-state index is 0.0497. The van der Waals surface area contributed by atoms with E-state index in [1.807, 2.05) is 6.92 Å². The van der Waals surface area contributed by atoms with Crippen LogP contribution in [0.25, 0.3) is 0 Å². The van der Waals surface area contributed by atoms with Crippen LogP contribution in [0.15, 0.2) is 35.4 Å². The number of aromatic nitrogens is 2. The van der Waals surface area contributed by atoms with E-state index in [4.69, 9.17) is 0 Å². The Morgan fingerprint density at radius 3 is 2.78 bits per heavy atom. The number of nitrogens with zero attached hydrogens (tertiary/aromatic N) is 2. The van der Waals surface area contributed by atoms with Crippen molar-refractivity contribution in [1.82, 2.24) is 9.55 Å². The number of halogens is 1. The highest BCUT2D eigenvalue weighted by Gasteiger charge is 2.13. The summed E-state index contributed by atoms with van der Waals surface area (Å²) in [5.41, 5.74) is 0.552. The van der Waals surface area contributed by atoms with Crippen molar-refractivity contribution >= 4 is 17.5 Å². The number of Topliss-reactive ketones (excluding diaryl/α,β-unsaturated/α-hetero) is 1. The number of carbonyl (C=O) groups excluding carboxylic acids is 1. The average molecular weight is 264 g/mol. The first-order valence-electron chi connectivity index (χ1n) is 5.48. The largest absolute Gasteiger partial charge is 0.329 e. The molecule has 94 valence electrons. The van der Waals surface area contributed by atoms with E-state index in [0.29, 0.717) is 10.6 Å². The number of benzene rings is 1. The maximum Gasteiger partial charge on any atom is 0.191 e. The van der Waals surface area contributed by atoms with E-state index in [1.54, 1.807) is 36.0 Å². The lowest BCUT2D eigenvalue weighted by Crippen LogP contribution is -2.09. The van der Waals surface area contributed by atoms with E-state index in [0.717, 1.165) is 5.82 Å². The molecule has 0 atom stereocenters. The molecule has 0 N–H and O–H groups in total. The second-order valence-electron chi connectivity index (χ2n) is 3.89. The highest BCUT2D eigenvalue weighted by Crippen LogP contribution is 2.22. The zero-order chi connectivity index (χ0) is 13.1. The number of carbonyl (C=O) groups is 1. The molecule has 5 heteroatoms. The zero-order valence-corrected chi connectivity index (χ0v) is 11.0. The van der Waals surface area contributed by atoms with Crippen LogP contribution in [0, 0.1) is 12.7 Å². The van der Waals surface area contributed by atoms with E-state index in [-0.39, 0.29) is 17.4 Å². The fraction of sp³-hybridized carbons (Fsp3) is 0.231. The molecule has 0 aliphatic heterocycles. The number of hydrogen-bond acceptors (Lipinski definition) is 3. The number of rotatable bonds is 4. The van der Waals surface area contributed by atoms with Gasteiger partial charge in [0.1, 0.15) is 17.3 Å². The first-order chi connectivity index (χ1) is 8.59. The maximum atomic E-state index is 13.4. The summed E-state index contributed by atoms with van der Waals surface area (Å²) in [4.78, 5) is 16.5. The molecule has 0 aliphatic carbocycles. The van der Waals surface area contributed by atoms with E-state index < -0.39 is 0 Å². The second kappa shape index (κ2) is 5.35. The zero-order valence-electron chi connectivity index (χ0n) is 10.2. The SMILES string of the molecule is Cc1ncc(C(=O)CSc2ccccc2F)n1C. The van der Waals surface area contributed by atoms with Crippen molar-refractivity contribution in [2.75, 3.05) is 5.75 Å². The molecule has 0 fully saturated rings. The van der Waals surface area contributed by atoms with Gasteiger partial charge in [-0.15, -0.1) is 11.8 Å². The Hall–Kier alpha value is -1.62. The van der Waals surface area contributed by atoms with E-state index in [9.17, 15) is 9.18 Å². The van der Waals surface area contributed by atoms with E-state index in [2.05, 4.69) is 4.98 Å². The van der Waals surface area contributed by atoms with Gasteiger partial charge in [-0.25, -0.2) is 9.37 Å². The van der Waals surface area contributed by atoms with Crippen molar-refractivity contribution in [3.05, 3.63) is 47.8 Å². The summed E-state index contributed by atoms with van der Waals surface area (Å²) in [5.74, 6) is 0.650. The monoisotopic (exact) mass is 264 g/mol. The van der Waals surface area contributed by atoms with Crippen molar-refractivity contribution in [3.8, 4) is 0 Å². The smallest absolute Gasteiger partial charge is 0.191 e. The summed E-state index contributed by atoms with van der Waals surface area (Å²) < 4.78 is 15.1. The minimum Gasteiger partial charge on any atom is -0.329 e. The van der Waals surface area contributed by atoms with Crippen molar-refractivity contribution < 1.29 is 9.18 Å². The molecular formula is C13H13FN2OS. The van der Waals surface area contributed by atoms with Crippen LogP contribution in [0.3, 0.4) is 0 Å². The first-order valence-corrected chi connectivity index (χ1v) is 6.47. The second-order valence-corrected chi connectivity index (χ2v) is 4.91. The van der Waals surface area contributed by atoms with Crippen molar-refractivity contribution in [2.45, 2.75) is 11.8 Å². The topological polar surface area (TPSA) is 34.9 Å². The Balaban J connectivity index is 2.05. The predicted octanol–water partition coefficient (Wildman–Crippen LogP) is 2.84. The fourth-order valence-electron chi connectivity index (χ4n) is 1.54. The van der Waals surface area contributed by atoms with Crippen LogP contribution >= 0.6 is 11.8 Å². The number of thioether (sulfide) groups is 1. The number of ketones is 1. The lowest BCUT2D eigenvalue weighted by Gasteiger charge is -2.04. The molecule has 0 bridgehead atoms. The Kier molecular flexibility index (Phi) is 3.81. The van der Waals surface area contributed by atoms with Crippen LogP contribution < -0.4 is 0 Å². The van der Waals surface area contributed by atoms with Crippen LogP contribution in [-0.2, 0) is 7.05 Å². The molecule has 0 saturated carbocycles. The third-order valence-electron chi connectivity index (χ3n) is 2.70. The molecule has 1 aromatic heterocycles. The summed E-state index contributed by atoms with van der Waals surface area (Å²) in [5, 5.41) is 0. The molecule has 0 spiro atoms. The Morgan fingerprint density at radius 1 is 1.44 bits per heavy atom. The molecule has 2 rings (SSSR count). The van der Waals surface area contributed by atoms with Gasteiger partial charge >= 0.3 is 0 Å². The van der Waals surface area contributed by atoms with Gasteiger partial charge in [0.05, 0.1) is 11.9 Å². The Labute approximate surface area is 109 Å². The fourth-order valence-corrected chi connectivity index (χ4v) is 2.36. The molecule has 2 aromatic rings. The molecule has 1 heterocycles. The lowest BCUT2D eigenvalue weighted by molar-refractivity contribution is 0.101. The standard InChI is InChI=1S/C13H13FN2OS/c1-9-15-7-11(16(9)2)12(17)8-18-13-6-4-3-5-10(13)14/h3-7H,8H2,1-2H3. The van der Waals surface area contributed by atoms with Gasteiger partial charge in [0.25, 0.3) is 0 Å². The quantitative estimate of drug-likeness (QED) is 0.629. The molecule has 0 aliphatic rings. The Bertz CT molecular complexity index is 580. The summed E-state index contributed by atoms with van der Waals surface area (Å²) in [7, 11) is 1.79. The molecule has 18 heavy (non-hydrogen) atoms. The molecule has 1 aromatic carbocycles. The van der Waals surface area contributed by atoms with Crippen molar-refractivity contribution in [1.29, 1.82) is 0 Å². The third-order valence-corrected chi connectivity index (χ3v) is 3.75. The summed E-state index contributed by atoms with van der Waals surface area (Å²) in [6, 6.07) is 6.44. The van der Waals surface area contributed by atoms with Crippen molar-refractivity contribution in [2.24, 2.45) is 7.05 Å². The lowest BCUT2D eigenvalue weighted by atomic mass is 10.3. The highest BCUT2D eigenvalue weighted by molar-refractivity contribution is 8.00. The number of aryl methyl sites for hydroxylation is 1. The van der Waals surface area contributed by atoms with Gasteiger partial charge in [-0.3, -0.25) is 4.79 Å². The summed E-state index contributed by atoms with van der Waals surface area (Å²) >= 11 is 1.20. The Morgan fingerprint density at radius 2 is 2.17 bits per heavy atom.